The maximum absolute atomic E-state index is 12.7. The van der Waals surface area contributed by atoms with E-state index in [4.69, 9.17) is 27.9 Å². The van der Waals surface area contributed by atoms with Crippen molar-refractivity contribution in [1.29, 1.82) is 0 Å². The number of halogens is 2. The van der Waals surface area contributed by atoms with E-state index in [9.17, 15) is 4.79 Å². The zero-order valence-corrected chi connectivity index (χ0v) is 16.5. The van der Waals surface area contributed by atoms with Crippen LogP contribution in [0, 0.1) is 6.92 Å². The van der Waals surface area contributed by atoms with Crippen molar-refractivity contribution in [2.24, 2.45) is 0 Å². The molecule has 0 atom stereocenters. The average molecular weight is 404 g/mol. The summed E-state index contributed by atoms with van der Waals surface area (Å²) in [5, 5.41) is 8.19. The lowest BCUT2D eigenvalue weighted by Gasteiger charge is -2.09. The Morgan fingerprint density at radius 2 is 1.78 bits per heavy atom. The number of aryl methyl sites for hydroxylation is 1. The highest BCUT2D eigenvalue weighted by atomic mass is 35.5. The summed E-state index contributed by atoms with van der Waals surface area (Å²) in [4.78, 5) is 12.7. The van der Waals surface area contributed by atoms with Crippen molar-refractivity contribution in [2.75, 3.05) is 7.11 Å². The highest BCUT2D eigenvalue weighted by molar-refractivity contribution is 6.33. The number of nitrogens with zero attached hydrogens (tertiary/aromatic N) is 2. The van der Waals surface area contributed by atoms with Crippen molar-refractivity contribution in [3.63, 3.8) is 0 Å². The molecule has 0 bridgehead atoms. The molecule has 7 heteroatoms. The van der Waals surface area contributed by atoms with Crippen LogP contribution in [-0.4, -0.2) is 22.8 Å². The van der Waals surface area contributed by atoms with Gasteiger partial charge in [-0.2, -0.15) is 5.10 Å². The molecule has 27 heavy (non-hydrogen) atoms. The Balaban J connectivity index is 1.77. The number of rotatable bonds is 6. The van der Waals surface area contributed by atoms with Gasteiger partial charge in [-0.1, -0.05) is 59.6 Å². The van der Waals surface area contributed by atoms with Crippen LogP contribution in [0.5, 0.6) is 5.75 Å². The molecule has 0 aliphatic heterocycles. The number of carbonyl (C=O) groups excluding carboxylic acids is 1. The number of para-hydroxylation sites is 1. The largest absolute Gasteiger partial charge is 0.496 e. The first-order chi connectivity index (χ1) is 13.0. The smallest absolute Gasteiger partial charge is 0.256 e. The van der Waals surface area contributed by atoms with Gasteiger partial charge in [-0.15, -0.1) is 0 Å². The molecule has 0 fully saturated rings. The first-order valence-electron chi connectivity index (χ1n) is 8.37. The first-order valence-corrected chi connectivity index (χ1v) is 9.13. The fourth-order valence-corrected chi connectivity index (χ4v) is 3.33. The number of hydrogen-bond acceptors (Lipinski definition) is 3. The van der Waals surface area contributed by atoms with Gasteiger partial charge in [0.1, 0.15) is 10.9 Å². The van der Waals surface area contributed by atoms with Crippen LogP contribution in [0.15, 0.2) is 48.5 Å². The monoisotopic (exact) mass is 403 g/mol. The third-order valence-electron chi connectivity index (χ3n) is 4.20. The topological polar surface area (TPSA) is 56.1 Å². The zero-order valence-electron chi connectivity index (χ0n) is 15.0. The summed E-state index contributed by atoms with van der Waals surface area (Å²) in [6.07, 6.45) is 0. The summed E-state index contributed by atoms with van der Waals surface area (Å²) < 4.78 is 6.89. The second kappa shape index (κ2) is 8.46. The maximum atomic E-state index is 12.7. The van der Waals surface area contributed by atoms with Crippen molar-refractivity contribution in [3.8, 4) is 5.75 Å². The lowest BCUT2D eigenvalue weighted by molar-refractivity contribution is 0.0950. The van der Waals surface area contributed by atoms with Crippen LogP contribution < -0.4 is 10.1 Å². The molecule has 3 rings (SSSR count). The van der Waals surface area contributed by atoms with Gasteiger partial charge in [-0.3, -0.25) is 4.79 Å². The molecule has 5 nitrogen and oxygen atoms in total. The molecule has 0 spiro atoms. The minimum absolute atomic E-state index is 0.282. The Hall–Kier alpha value is -2.50. The molecule has 1 amide bonds. The van der Waals surface area contributed by atoms with Crippen LogP contribution in [0.3, 0.4) is 0 Å². The van der Waals surface area contributed by atoms with E-state index in [1.807, 2.05) is 48.5 Å². The molecule has 140 valence electrons. The summed E-state index contributed by atoms with van der Waals surface area (Å²) in [7, 11) is 1.60. The average Bonchev–Trinajstić information content (AvgIpc) is 2.95. The molecule has 0 unspecified atom stereocenters. The minimum Gasteiger partial charge on any atom is -0.496 e. The van der Waals surface area contributed by atoms with Gasteiger partial charge in [0.05, 0.1) is 24.9 Å². The standard InChI is InChI=1S/C20H19Cl2N3O2/c1-13-18(20(26)23-11-14-7-4-6-10-17(14)27-2)19(22)25(24-13)12-15-8-3-5-9-16(15)21/h3-10H,11-12H2,1-2H3,(H,23,26). The Labute approximate surface area is 167 Å². The van der Waals surface area contributed by atoms with E-state index in [2.05, 4.69) is 10.4 Å². The van der Waals surface area contributed by atoms with Gasteiger partial charge < -0.3 is 10.1 Å². The highest BCUT2D eigenvalue weighted by Crippen LogP contribution is 2.24. The van der Waals surface area contributed by atoms with Gasteiger partial charge in [0.2, 0.25) is 0 Å². The quantitative estimate of drug-likeness (QED) is 0.659. The molecule has 1 heterocycles. The third kappa shape index (κ3) is 4.26. The molecule has 0 radical (unpaired) electrons. The Kier molecular flexibility index (Phi) is 6.04. The van der Waals surface area contributed by atoms with Crippen LogP contribution in [0.25, 0.3) is 0 Å². The fraction of sp³-hybridized carbons (Fsp3) is 0.200. The molecule has 0 saturated heterocycles. The van der Waals surface area contributed by atoms with Gasteiger partial charge in [-0.05, 0) is 24.6 Å². The van der Waals surface area contributed by atoms with E-state index < -0.39 is 0 Å². The molecule has 1 aromatic heterocycles. The van der Waals surface area contributed by atoms with Gasteiger partial charge in [0.25, 0.3) is 5.91 Å². The maximum Gasteiger partial charge on any atom is 0.256 e. The summed E-state index contributed by atoms with van der Waals surface area (Å²) in [6, 6.07) is 15.0. The number of hydrogen-bond donors (Lipinski definition) is 1. The molecule has 0 aliphatic carbocycles. The van der Waals surface area contributed by atoms with Crippen LogP contribution in [0.2, 0.25) is 10.2 Å². The second-order valence-electron chi connectivity index (χ2n) is 5.99. The van der Waals surface area contributed by atoms with Crippen LogP contribution in [0.4, 0.5) is 0 Å². The third-order valence-corrected chi connectivity index (χ3v) is 4.96. The lowest BCUT2D eigenvalue weighted by atomic mass is 10.2. The number of methoxy groups -OCH3 is 1. The number of carbonyl (C=O) groups is 1. The first kappa shape index (κ1) is 19.3. The molecular weight excluding hydrogens is 385 g/mol. The van der Waals surface area contributed by atoms with E-state index in [1.165, 1.54) is 0 Å². The molecule has 1 N–H and O–H groups in total. The number of benzene rings is 2. The Bertz CT molecular complexity index is 970. The molecular formula is C20H19Cl2N3O2. The SMILES string of the molecule is COc1ccccc1CNC(=O)c1c(C)nn(Cc2ccccc2Cl)c1Cl. The Morgan fingerprint density at radius 3 is 2.48 bits per heavy atom. The highest BCUT2D eigenvalue weighted by Gasteiger charge is 2.21. The zero-order chi connectivity index (χ0) is 19.4. The van der Waals surface area contributed by atoms with Crippen LogP contribution in [-0.2, 0) is 13.1 Å². The van der Waals surface area contributed by atoms with E-state index in [1.54, 1.807) is 18.7 Å². The molecule has 0 saturated carbocycles. The van der Waals surface area contributed by atoms with E-state index in [0.717, 1.165) is 16.9 Å². The minimum atomic E-state index is -0.284. The van der Waals surface area contributed by atoms with Crippen molar-refractivity contribution >= 4 is 29.1 Å². The molecule has 0 aliphatic rings. The number of nitrogens with one attached hydrogen (secondary N) is 1. The van der Waals surface area contributed by atoms with E-state index in [0.29, 0.717) is 29.4 Å². The number of amides is 1. The van der Waals surface area contributed by atoms with Crippen molar-refractivity contribution in [1.82, 2.24) is 15.1 Å². The summed E-state index contributed by atoms with van der Waals surface area (Å²) in [6.45, 7) is 2.47. The summed E-state index contributed by atoms with van der Waals surface area (Å²) >= 11 is 12.6. The normalized spacial score (nSPS) is 10.7. The Morgan fingerprint density at radius 1 is 1.11 bits per heavy atom. The second-order valence-corrected chi connectivity index (χ2v) is 6.76. The predicted molar refractivity (Wildman–Crippen MR) is 107 cm³/mol. The molecule has 3 aromatic rings. The van der Waals surface area contributed by atoms with Gasteiger partial charge in [0.15, 0.2) is 0 Å². The number of aromatic nitrogens is 2. The van der Waals surface area contributed by atoms with Crippen LogP contribution in [0.1, 0.15) is 27.2 Å². The van der Waals surface area contributed by atoms with Crippen molar-refractivity contribution in [3.05, 3.63) is 81.1 Å². The predicted octanol–water partition coefficient (Wildman–Crippen LogP) is 4.49. The van der Waals surface area contributed by atoms with E-state index in [-0.39, 0.29) is 11.1 Å². The lowest BCUT2D eigenvalue weighted by Crippen LogP contribution is -2.23. The van der Waals surface area contributed by atoms with Crippen molar-refractivity contribution < 1.29 is 9.53 Å². The summed E-state index contributed by atoms with van der Waals surface area (Å²) in [5.41, 5.74) is 2.68. The van der Waals surface area contributed by atoms with Gasteiger partial charge in [-0.25, -0.2) is 4.68 Å². The van der Waals surface area contributed by atoms with Crippen LogP contribution >= 0.6 is 23.2 Å². The summed E-state index contributed by atoms with van der Waals surface area (Å²) in [5.74, 6) is 0.434. The van der Waals surface area contributed by atoms with E-state index >= 15 is 0 Å². The number of ether oxygens (including phenoxy) is 1. The fourth-order valence-electron chi connectivity index (χ4n) is 2.82. The van der Waals surface area contributed by atoms with Crippen molar-refractivity contribution in [2.45, 2.75) is 20.0 Å². The van der Waals surface area contributed by atoms with Gasteiger partial charge in [0, 0.05) is 17.1 Å². The van der Waals surface area contributed by atoms with Gasteiger partial charge >= 0.3 is 0 Å². The molecule has 2 aromatic carbocycles.